The summed E-state index contributed by atoms with van der Waals surface area (Å²) in [5.41, 5.74) is 0.599. The largest absolute Gasteiger partial charge is 0.482 e. The number of halogens is 5. The van der Waals surface area contributed by atoms with Crippen molar-refractivity contribution in [3.05, 3.63) is 52.5 Å². The Hall–Kier alpha value is -2.12. The van der Waals surface area contributed by atoms with E-state index in [0.29, 0.717) is 10.7 Å². The molecule has 0 saturated heterocycles. The van der Waals surface area contributed by atoms with E-state index in [-0.39, 0.29) is 23.0 Å². The Morgan fingerprint density at radius 3 is 2.44 bits per heavy atom. The van der Waals surface area contributed by atoms with Gasteiger partial charge >= 0.3 is 6.18 Å². The standard InChI is InChI=1S/C16H13Cl2F3N2O2/c17-10-4-3-6-12(15(10)18)23-14(24)8-22-11-5-1-2-7-13(11)25-9-16(19,20)21/h1-7,22H,8-9H2,(H,23,24). The maximum absolute atomic E-state index is 12.3. The zero-order valence-corrected chi connectivity index (χ0v) is 14.2. The molecule has 0 spiro atoms. The van der Waals surface area contributed by atoms with Crippen LogP contribution in [-0.2, 0) is 4.79 Å². The van der Waals surface area contributed by atoms with Gasteiger partial charge in [-0.2, -0.15) is 13.2 Å². The first-order valence-corrected chi connectivity index (χ1v) is 7.78. The highest BCUT2D eigenvalue weighted by atomic mass is 35.5. The summed E-state index contributed by atoms with van der Waals surface area (Å²) in [6, 6.07) is 10.8. The lowest BCUT2D eigenvalue weighted by molar-refractivity contribution is -0.153. The van der Waals surface area contributed by atoms with Gasteiger partial charge in [-0.1, -0.05) is 41.4 Å². The number of alkyl halides is 3. The molecule has 0 aliphatic heterocycles. The van der Waals surface area contributed by atoms with Crippen LogP contribution < -0.4 is 15.4 Å². The number of para-hydroxylation sites is 2. The second-order valence-corrected chi connectivity index (χ2v) is 5.69. The summed E-state index contributed by atoms with van der Waals surface area (Å²) in [6.07, 6.45) is -4.45. The summed E-state index contributed by atoms with van der Waals surface area (Å²) < 4.78 is 41.5. The smallest absolute Gasteiger partial charge is 0.422 e. The predicted octanol–water partition coefficient (Wildman–Crippen LogP) is 4.99. The summed E-state index contributed by atoms with van der Waals surface area (Å²) in [6.45, 7) is -1.62. The van der Waals surface area contributed by atoms with Gasteiger partial charge in [-0.15, -0.1) is 0 Å². The van der Waals surface area contributed by atoms with Crippen LogP contribution in [0.5, 0.6) is 5.75 Å². The second-order valence-electron chi connectivity index (χ2n) is 4.90. The average molecular weight is 393 g/mol. The minimum atomic E-state index is -4.45. The van der Waals surface area contributed by atoms with Crippen molar-refractivity contribution < 1.29 is 22.7 Å². The first-order chi connectivity index (χ1) is 11.8. The fraction of sp³-hybridized carbons (Fsp3) is 0.188. The van der Waals surface area contributed by atoms with Crippen LogP contribution in [0.2, 0.25) is 10.0 Å². The Kier molecular flexibility index (Phi) is 6.39. The lowest BCUT2D eigenvalue weighted by atomic mass is 10.3. The quantitative estimate of drug-likeness (QED) is 0.728. The van der Waals surface area contributed by atoms with Crippen LogP contribution in [0.3, 0.4) is 0 Å². The Morgan fingerprint density at radius 1 is 1.04 bits per heavy atom. The van der Waals surface area contributed by atoms with Crippen LogP contribution in [0.25, 0.3) is 0 Å². The third-order valence-corrected chi connectivity index (χ3v) is 3.76. The molecule has 2 rings (SSSR count). The van der Waals surface area contributed by atoms with Gasteiger partial charge in [0.1, 0.15) is 5.75 Å². The fourth-order valence-electron chi connectivity index (χ4n) is 1.87. The number of hydrogen-bond donors (Lipinski definition) is 2. The van der Waals surface area contributed by atoms with E-state index in [2.05, 4.69) is 10.6 Å². The fourth-order valence-corrected chi connectivity index (χ4v) is 2.22. The third kappa shape index (κ3) is 6.03. The maximum Gasteiger partial charge on any atom is 0.422 e. The normalized spacial score (nSPS) is 11.1. The van der Waals surface area contributed by atoms with E-state index < -0.39 is 18.7 Å². The molecule has 0 radical (unpaired) electrons. The Bertz CT molecular complexity index is 754. The van der Waals surface area contributed by atoms with Gasteiger partial charge in [0.05, 0.1) is 28.0 Å². The van der Waals surface area contributed by atoms with Crippen molar-refractivity contribution in [2.75, 3.05) is 23.8 Å². The highest BCUT2D eigenvalue weighted by Gasteiger charge is 2.28. The lowest BCUT2D eigenvalue weighted by Crippen LogP contribution is -2.23. The van der Waals surface area contributed by atoms with E-state index in [4.69, 9.17) is 27.9 Å². The van der Waals surface area contributed by atoms with E-state index in [1.165, 1.54) is 18.2 Å². The lowest BCUT2D eigenvalue weighted by Gasteiger charge is -2.14. The Balaban J connectivity index is 1.97. The van der Waals surface area contributed by atoms with Gasteiger partial charge in [-0.3, -0.25) is 4.79 Å². The van der Waals surface area contributed by atoms with E-state index in [1.54, 1.807) is 24.3 Å². The molecule has 0 atom stereocenters. The van der Waals surface area contributed by atoms with Crippen LogP contribution in [0.15, 0.2) is 42.5 Å². The minimum Gasteiger partial charge on any atom is -0.482 e. The monoisotopic (exact) mass is 392 g/mol. The molecule has 2 N–H and O–H groups in total. The van der Waals surface area contributed by atoms with Crippen LogP contribution >= 0.6 is 23.2 Å². The van der Waals surface area contributed by atoms with Gasteiger partial charge in [0.2, 0.25) is 5.91 Å². The van der Waals surface area contributed by atoms with Gasteiger partial charge in [0, 0.05) is 0 Å². The van der Waals surface area contributed by atoms with Gasteiger partial charge < -0.3 is 15.4 Å². The number of ether oxygens (including phenoxy) is 1. The SMILES string of the molecule is O=C(CNc1ccccc1OCC(F)(F)F)Nc1cccc(Cl)c1Cl. The number of hydrogen-bond acceptors (Lipinski definition) is 3. The number of anilines is 2. The number of carbonyl (C=O) groups is 1. The number of rotatable bonds is 6. The summed E-state index contributed by atoms with van der Waals surface area (Å²) >= 11 is 11.8. The van der Waals surface area contributed by atoms with Gasteiger partial charge in [0.15, 0.2) is 6.61 Å². The average Bonchev–Trinajstić information content (AvgIpc) is 2.55. The van der Waals surface area contributed by atoms with Crippen LogP contribution in [0.4, 0.5) is 24.5 Å². The molecule has 134 valence electrons. The van der Waals surface area contributed by atoms with Gasteiger partial charge in [-0.05, 0) is 24.3 Å². The molecule has 0 fully saturated rings. The van der Waals surface area contributed by atoms with E-state index in [1.807, 2.05) is 0 Å². The van der Waals surface area contributed by atoms with E-state index in [9.17, 15) is 18.0 Å². The summed E-state index contributed by atoms with van der Waals surface area (Å²) in [4.78, 5) is 12.0. The van der Waals surface area contributed by atoms with Gasteiger partial charge in [0.25, 0.3) is 0 Å². The summed E-state index contributed by atoms with van der Waals surface area (Å²) in [5.74, 6) is -0.455. The molecule has 9 heteroatoms. The molecule has 4 nitrogen and oxygen atoms in total. The molecule has 0 heterocycles. The highest BCUT2D eigenvalue weighted by Crippen LogP contribution is 2.30. The Morgan fingerprint density at radius 2 is 1.72 bits per heavy atom. The molecule has 0 saturated carbocycles. The van der Waals surface area contributed by atoms with Crippen molar-refractivity contribution in [3.63, 3.8) is 0 Å². The first-order valence-electron chi connectivity index (χ1n) is 7.02. The predicted molar refractivity (Wildman–Crippen MR) is 91.6 cm³/mol. The second kappa shape index (κ2) is 8.31. The summed E-state index contributed by atoms with van der Waals surface area (Å²) in [5, 5.41) is 5.77. The van der Waals surface area contributed by atoms with E-state index in [0.717, 1.165) is 0 Å². The Labute approximate surface area is 151 Å². The molecule has 0 aliphatic rings. The molecular formula is C16H13Cl2F3N2O2. The van der Waals surface area contributed by atoms with E-state index >= 15 is 0 Å². The first kappa shape index (κ1) is 19.2. The van der Waals surface area contributed by atoms with Crippen molar-refractivity contribution in [2.24, 2.45) is 0 Å². The minimum absolute atomic E-state index is 0.00610. The number of benzene rings is 2. The molecule has 1 amide bonds. The maximum atomic E-state index is 12.3. The highest BCUT2D eigenvalue weighted by molar-refractivity contribution is 6.44. The molecule has 0 aromatic heterocycles. The van der Waals surface area contributed by atoms with Crippen LogP contribution in [0.1, 0.15) is 0 Å². The third-order valence-electron chi connectivity index (χ3n) is 2.94. The molecule has 0 aliphatic carbocycles. The number of amides is 1. The number of nitrogens with one attached hydrogen (secondary N) is 2. The van der Waals surface area contributed by atoms with Crippen LogP contribution in [-0.4, -0.2) is 25.2 Å². The molecule has 25 heavy (non-hydrogen) atoms. The molecule has 2 aromatic rings. The topological polar surface area (TPSA) is 50.4 Å². The van der Waals surface area contributed by atoms with Crippen LogP contribution in [0, 0.1) is 0 Å². The number of carbonyl (C=O) groups excluding carboxylic acids is 1. The summed E-state index contributed by atoms with van der Waals surface area (Å²) in [7, 11) is 0. The molecular weight excluding hydrogens is 380 g/mol. The zero-order chi connectivity index (χ0) is 18.4. The van der Waals surface area contributed by atoms with Crippen molar-refractivity contribution in [1.29, 1.82) is 0 Å². The zero-order valence-electron chi connectivity index (χ0n) is 12.7. The van der Waals surface area contributed by atoms with Gasteiger partial charge in [-0.25, -0.2) is 0 Å². The molecule has 0 bridgehead atoms. The molecule has 2 aromatic carbocycles. The molecule has 0 unspecified atom stereocenters. The van der Waals surface area contributed by atoms with Crippen molar-refractivity contribution in [3.8, 4) is 5.75 Å². The van der Waals surface area contributed by atoms with Crippen molar-refractivity contribution in [1.82, 2.24) is 0 Å². The van der Waals surface area contributed by atoms with Crippen molar-refractivity contribution >= 4 is 40.5 Å². The van der Waals surface area contributed by atoms with Crippen molar-refractivity contribution in [2.45, 2.75) is 6.18 Å².